The van der Waals surface area contributed by atoms with Crippen LogP contribution in [0.2, 0.25) is 5.02 Å². The van der Waals surface area contributed by atoms with Gasteiger partial charge in [-0.05, 0) is 24.1 Å². The lowest BCUT2D eigenvalue weighted by molar-refractivity contribution is 0.166. The number of hydrogen-bond donors (Lipinski definition) is 2. The SMILES string of the molecule is COCC(Cc1ccc(Br)cc1Cl)NN. The van der Waals surface area contributed by atoms with Crippen LogP contribution in [-0.2, 0) is 11.2 Å². The average Bonchev–Trinajstić information content (AvgIpc) is 2.21. The number of hydrogen-bond acceptors (Lipinski definition) is 3. The summed E-state index contributed by atoms with van der Waals surface area (Å²) in [5.41, 5.74) is 3.75. The van der Waals surface area contributed by atoms with E-state index >= 15 is 0 Å². The van der Waals surface area contributed by atoms with Crippen LogP contribution >= 0.6 is 27.5 Å². The van der Waals surface area contributed by atoms with E-state index in [0.717, 1.165) is 21.5 Å². The van der Waals surface area contributed by atoms with Crippen LogP contribution in [0.1, 0.15) is 5.56 Å². The van der Waals surface area contributed by atoms with Crippen molar-refractivity contribution in [3.8, 4) is 0 Å². The van der Waals surface area contributed by atoms with Gasteiger partial charge in [0.25, 0.3) is 0 Å². The largest absolute Gasteiger partial charge is 0.383 e. The molecule has 0 aliphatic heterocycles. The number of hydrazine groups is 1. The molecule has 1 aromatic rings. The molecule has 0 aliphatic carbocycles. The van der Waals surface area contributed by atoms with Gasteiger partial charge in [-0.2, -0.15) is 0 Å². The van der Waals surface area contributed by atoms with Crippen LogP contribution in [0.15, 0.2) is 22.7 Å². The Morgan fingerprint density at radius 3 is 2.87 bits per heavy atom. The Bertz CT molecular complexity index is 322. The van der Waals surface area contributed by atoms with Crippen LogP contribution in [0.4, 0.5) is 0 Å². The highest BCUT2D eigenvalue weighted by Crippen LogP contribution is 2.22. The maximum absolute atomic E-state index is 6.09. The molecule has 3 nitrogen and oxygen atoms in total. The second kappa shape index (κ2) is 6.45. The Hall–Kier alpha value is -0.130. The number of rotatable bonds is 5. The van der Waals surface area contributed by atoms with Crippen molar-refractivity contribution in [1.82, 2.24) is 5.43 Å². The van der Waals surface area contributed by atoms with Gasteiger partial charge in [-0.25, -0.2) is 0 Å². The van der Waals surface area contributed by atoms with Gasteiger partial charge in [-0.15, -0.1) is 0 Å². The van der Waals surface area contributed by atoms with Crippen molar-refractivity contribution < 1.29 is 4.74 Å². The molecule has 1 unspecified atom stereocenters. The molecular formula is C10H14BrClN2O. The number of nitrogens with one attached hydrogen (secondary N) is 1. The van der Waals surface area contributed by atoms with Crippen molar-refractivity contribution in [2.75, 3.05) is 13.7 Å². The van der Waals surface area contributed by atoms with Crippen molar-refractivity contribution in [3.63, 3.8) is 0 Å². The van der Waals surface area contributed by atoms with Gasteiger partial charge in [0.1, 0.15) is 0 Å². The monoisotopic (exact) mass is 292 g/mol. The van der Waals surface area contributed by atoms with Crippen molar-refractivity contribution in [3.05, 3.63) is 33.3 Å². The summed E-state index contributed by atoms with van der Waals surface area (Å²) in [5.74, 6) is 5.40. The highest BCUT2D eigenvalue weighted by Gasteiger charge is 2.09. The van der Waals surface area contributed by atoms with E-state index in [0.29, 0.717) is 6.61 Å². The van der Waals surface area contributed by atoms with Crippen molar-refractivity contribution in [1.29, 1.82) is 0 Å². The normalized spacial score (nSPS) is 12.8. The molecule has 3 N–H and O–H groups in total. The van der Waals surface area contributed by atoms with E-state index in [1.165, 1.54) is 0 Å². The molecule has 0 saturated carbocycles. The summed E-state index contributed by atoms with van der Waals surface area (Å²) in [5, 5.41) is 0.737. The Morgan fingerprint density at radius 2 is 2.33 bits per heavy atom. The highest BCUT2D eigenvalue weighted by atomic mass is 79.9. The predicted molar refractivity (Wildman–Crippen MR) is 65.8 cm³/mol. The lowest BCUT2D eigenvalue weighted by Crippen LogP contribution is -2.40. The van der Waals surface area contributed by atoms with E-state index in [2.05, 4.69) is 21.4 Å². The third-order valence-electron chi connectivity index (χ3n) is 2.08. The minimum Gasteiger partial charge on any atom is -0.383 e. The molecule has 84 valence electrons. The lowest BCUT2D eigenvalue weighted by Gasteiger charge is -2.15. The minimum atomic E-state index is 0.0775. The van der Waals surface area contributed by atoms with Crippen LogP contribution in [0.5, 0.6) is 0 Å². The van der Waals surface area contributed by atoms with Gasteiger partial charge in [0.15, 0.2) is 0 Å². The van der Waals surface area contributed by atoms with E-state index in [1.807, 2.05) is 18.2 Å². The molecule has 0 heterocycles. The highest BCUT2D eigenvalue weighted by molar-refractivity contribution is 9.10. The molecule has 1 aromatic carbocycles. The quantitative estimate of drug-likeness (QED) is 0.646. The summed E-state index contributed by atoms with van der Waals surface area (Å²) >= 11 is 9.45. The Labute approximate surface area is 103 Å². The molecule has 0 radical (unpaired) electrons. The summed E-state index contributed by atoms with van der Waals surface area (Å²) < 4.78 is 6.01. The van der Waals surface area contributed by atoms with Gasteiger partial charge in [0.05, 0.1) is 6.61 Å². The first-order valence-electron chi connectivity index (χ1n) is 4.56. The van der Waals surface area contributed by atoms with Gasteiger partial charge in [0.2, 0.25) is 0 Å². The van der Waals surface area contributed by atoms with Crippen LogP contribution in [0, 0.1) is 0 Å². The summed E-state index contributed by atoms with van der Waals surface area (Å²) in [6.45, 7) is 0.558. The Morgan fingerprint density at radius 1 is 1.60 bits per heavy atom. The number of halogens is 2. The first kappa shape index (κ1) is 12.9. The molecule has 1 rings (SSSR count). The molecule has 15 heavy (non-hydrogen) atoms. The van der Waals surface area contributed by atoms with E-state index < -0.39 is 0 Å². The van der Waals surface area contributed by atoms with E-state index in [4.69, 9.17) is 22.2 Å². The standard InChI is InChI=1S/C10H14BrClN2O/c1-15-6-9(14-13)4-7-2-3-8(11)5-10(7)12/h2-3,5,9,14H,4,6,13H2,1H3. The fourth-order valence-electron chi connectivity index (χ4n) is 1.32. The van der Waals surface area contributed by atoms with Gasteiger partial charge in [-0.1, -0.05) is 33.6 Å². The predicted octanol–water partition coefficient (Wildman–Crippen LogP) is 2.12. The molecular weight excluding hydrogens is 279 g/mol. The fraction of sp³-hybridized carbons (Fsp3) is 0.400. The molecule has 0 fully saturated rings. The van der Waals surface area contributed by atoms with Gasteiger partial charge < -0.3 is 4.74 Å². The first-order chi connectivity index (χ1) is 7.17. The summed E-state index contributed by atoms with van der Waals surface area (Å²) in [6, 6.07) is 5.89. The molecule has 5 heteroatoms. The third kappa shape index (κ3) is 4.09. The van der Waals surface area contributed by atoms with E-state index in [-0.39, 0.29) is 6.04 Å². The molecule has 0 bridgehead atoms. The van der Waals surface area contributed by atoms with E-state index in [1.54, 1.807) is 7.11 Å². The first-order valence-corrected chi connectivity index (χ1v) is 5.73. The van der Waals surface area contributed by atoms with Gasteiger partial charge in [-0.3, -0.25) is 11.3 Å². The summed E-state index contributed by atoms with van der Waals surface area (Å²) in [7, 11) is 1.65. The number of methoxy groups -OCH3 is 1. The van der Waals surface area contributed by atoms with Crippen molar-refractivity contribution >= 4 is 27.5 Å². The molecule has 0 spiro atoms. The third-order valence-corrected chi connectivity index (χ3v) is 2.93. The van der Waals surface area contributed by atoms with Crippen molar-refractivity contribution in [2.45, 2.75) is 12.5 Å². The summed E-state index contributed by atoms with van der Waals surface area (Å²) in [6.07, 6.45) is 0.746. The zero-order valence-electron chi connectivity index (χ0n) is 8.47. The maximum atomic E-state index is 6.09. The second-order valence-electron chi connectivity index (χ2n) is 3.26. The molecule has 0 saturated heterocycles. The minimum absolute atomic E-state index is 0.0775. The van der Waals surface area contributed by atoms with Crippen LogP contribution in [0.25, 0.3) is 0 Å². The lowest BCUT2D eigenvalue weighted by atomic mass is 10.1. The number of benzene rings is 1. The molecule has 0 amide bonds. The molecule has 0 aliphatic rings. The molecule has 0 aromatic heterocycles. The topological polar surface area (TPSA) is 47.3 Å². The number of nitrogens with two attached hydrogens (primary N) is 1. The van der Waals surface area contributed by atoms with E-state index in [9.17, 15) is 0 Å². The Balaban J connectivity index is 2.70. The summed E-state index contributed by atoms with van der Waals surface area (Å²) in [4.78, 5) is 0. The Kier molecular flexibility index (Phi) is 5.56. The fourth-order valence-corrected chi connectivity index (χ4v) is 2.07. The van der Waals surface area contributed by atoms with Crippen LogP contribution in [-0.4, -0.2) is 19.8 Å². The van der Waals surface area contributed by atoms with Crippen molar-refractivity contribution in [2.24, 2.45) is 5.84 Å². The van der Waals surface area contributed by atoms with Gasteiger partial charge in [0, 0.05) is 22.6 Å². The van der Waals surface area contributed by atoms with Crippen LogP contribution in [0.3, 0.4) is 0 Å². The zero-order valence-corrected chi connectivity index (χ0v) is 10.8. The van der Waals surface area contributed by atoms with Gasteiger partial charge >= 0.3 is 0 Å². The maximum Gasteiger partial charge on any atom is 0.0632 e. The van der Waals surface area contributed by atoms with Crippen LogP contribution < -0.4 is 11.3 Å². The zero-order chi connectivity index (χ0) is 11.3. The average molecular weight is 294 g/mol. The molecule has 1 atom stereocenters. The number of ether oxygens (including phenoxy) is 1. The smallest absolute Gasteiger partial charge is 0.0632 e. The second-order valence-corrected chi connectivity index (χ2v) is 4.58.